The zero-order chi connectivity index (χ0) is 11.5. The van der Waals surface area contributed by atoms with Gasteiger partial charge in [0.2, 0.25) is 0 Å². The summed E-state index contributed by atoms with van der Waals surface area (Å²) < 4.78 is 0. The molecule has 0 fully saturated rings. The summed E-state index contributed by atoms with van der Waals surface area (Å²) in [6, 6.07) is 7.36. The van der Waals surface area contributed by atoms with Crippen molar-refractivity contribution in [1.82, 2.24) is 0 Å². The number of allylic oxidation sites excluding steroid dienone is 4. The van der Waals surface area contributed by atoms with Crippen molar-refractivity contribution in [3.63, 3.8) is 0 Å². The number of hydrogen-bond donors (Lipinski definition) is 2. The van der Waals surface area contributed by atoms with Crippen molar-refractivity contribution in [2.75, 3.05) is 0 Å². The van der Waals surface area contributed by atoms with Gasteiger partial charge in [-0.15, -0.1) is 0 Å². The summed E-state index contributed by atoms with van der Waals surface area (Å²) in [5, 5.41) is 18.2. The van der Waals surface area contributed by atoms with Crippen molar-refractivity contribution in [2.45, 2.75) is 13.3 Å². The first-order valence-corrected chi connectivity index (χ1v) is 5.51. The van der Waals surface area contributed by atoms with Crippen molar-refractivity contribution in [3.8, 4) is 0 Å². The van der Waals surface area contributed by atoms with Crippen LogP contribution in [0.1, 0.15) is 18.9 Å². The average molecular weight is 214 g/mol. The van der Waals surface area contributed by atoms with E-state index in [4.69, 9.17) is 10.0 Å². The van der Waals surface area contributed by atoms with Crippen LogP contribution in [0.15, 0.2) is 42.5 Å². The zero-order valence-electron chi connectivity index (χ0n) is 9.30. The highest BCUT2D eigenvalue weighted by atomic mass is 16.4. The molecule has 1 atom stereocenters. The summed E-state index contributed by atoms with van der Waals surface area (Å²) in [6.07, 6.45) is 7.50. The number of hydrogen-bond acceptors (Lipinski definition) is 2. The topological polar surface area (TPSA) is 40.5 Å². The summed E-state index contributed by atoms with van der Waals surface area (Å²) in [4.78, 5) is 0. The van der Waals surface area contributed by atoms with Crippen LogP contribution in [0.3, 0.4) is 0 Å². The Hall–Kier alpha value is -1.32. The van der Waals surface area contributed by atoms with E-state index in [1.807, 2.05) is 18.2 Å². The maximum atomic E-state index is 9.11. The Labute approximate surface area is 96.1 Å². The Morgan fingerprint density at radius 1 is 1.31 bits per heavy atom. The quantitative estimate of drug-likeness (QED) is 0.729. The Bertz CT molecular complexity index is 435. The van der Waals surface area contributed by atoms with Gasteiger partial charge in [0.25, 0.3) is 0 Å². The Morgan fingerprint density at radius 3 is 2.75 bits per heavy atom. The van der Waals surface area contributed by atoms with E-state index in [1.165, 1.54) is 0 Å². The maximum absolute atomic E-state index is 9.11. The van der Waals surface area contributed by atoms with Crippen LogP contribution in [0.25, 0.3) is 5.57 Å². The molecule has 1 aromatic rings. The molecule has 0 saturated heterocycles. The molecule has 0 aliphatic heterocycles. The molecule has 1 aliphatic carbocycles. The van der Waals surface area contributed by atoms with Gasteiger partial charge in [0.05, 0.1) is 0 Å². The van der Waals surface area contributed by atoms with Gasteiger partial charge in [-0.3, -0.25) is 0 Å². The van der Waals surface area contributed by atoms with Gasteiger partial charge in [-0.1, -0.05) is 49.4 Å². The second kappa shape index (κ2) is 4.68. The lowest BCUT2D eigenvalue weighted by molar-refractivity contribution is 0.426. The summed E-state index contributed by atoms with van der Waals surface area (Å²) in [7, 11) is -1.40. The highest BCUT2D eigenvalue weighted by Crippen LogP contribution is 2.23. The first-order valence-electron chi connectivity index (χ1n) is 5.51. The molecule has 3 heteroatoms. The van der Waals surface area contributed by atoms with Crippen LogP contribution in [0.4, 0.5) is 0 Å². The molecule has 1 aromatic carbocycles. The fraction of sp³-hybridized carbons (Fsp3) is 0.231. The summed E-state index contributed by atoms with van der Waals surface area (Å²) in [5.74, 6) is 0.593. The predicted molar refractivity (Wildman–Crippen MR) is 67.2 cm³/mol. The molecule has 16 heavy (non-hydrogen) atoms. The van der Waals surface area contributed by atoms with E-state index in [1.54, 1.807) is 6.07 Å². The van der Waals surface area contributed by atoms with Gasteiger partial charge in [-0.25, -0.2) is 0 Å². The van der Waals surface area contributed by atoms with E-state index in [2.05, 4.69) is 25.2 Å². The molecule has 0 spiro atoms. The molecule has 1 unspecified atom stereocenters. The number of benzene rings is 1. The van der Waals surface area contributed by atoms with Crippen molar-refractivity contribution in [1.29, 1.82) is 0 Å². The summed E-state index contributed by atoms with van der Waals surface area (Å²) in [6.45, 7) is 2.18. The third kappa shape index (κ3) is 2.43. The molecule has 0 amide bonds. The molecule has 1 aliphatic rings. The zero-order valence-corrected chi connectivity index (χ0v) is 9.30. The van der Waals surface area contributed by atoms with Crippen molar-refractivity contribution in [2.24, 2.45) is 5.92 Å². The Balaban J connectivity index is 2.28. The van der Waals surface area contributed by atoms with E-state index in [9.17, 15) is 0 Å². The molecule has 2 nitrogen and oxygen atoms in total. The largest absolute Gasteiger partial charge is 0.488 e. The fourth-order valence-electron chi connectivity index (χ4n) is 1.82. The van der Waals surface area contributed by atoms with Crippen LogP contribution in [-0.2, 0) is 0 Å². The highest BCUT2D eigenvalue weighted by Gasteiger charge is 2.12. The van der Waals surface area contributed by atoms with Crippen LogP contribution in [0.2, 0.25) is 0 Å². The minimum absolute atomic E-state index is 0.533. The molecule has 0 saturated carbocycles. The molecular weight excluding hydrogens is 199 g/mol. The lowest BCUT2D eigenvalue weighted by Crippen LogP contribution is -2.29. The third-order valence-corrected chi connectivity index (χ3v) is 2.83. The molecule has 0 bridgehead atoms. The Morgan fingerprint density at radius 2 is 2.12 bits per heavy atom. The standard InChI is InChI=1S/C13H15BO2/c1-10-5-7-11(8-6-10)12-3-2-4-13(9-12)14(15)16/h2-5,7-10,15-16H,6H2,1H3. The van der Waals surface area contributed by atoms with Gasteiger partial charge in [-0.05, 0) is 28.9 Å². The van der Waals surface area contributed by atoms with Gasteiger partial charge in [0.1, 0.15) is 0 Å². The van der Waals surface area contributed by atoms with E-state index in [0.29, 0.717) is 11.4 Å². The van der Waals surface area contributed by atoms with Crippen LogP contribution in [0.5, 0.6) is 0 Å². The first kappa shape index (κ1) is 11.2. The second-order valence-corrected chi connectivity index (χ2v) is 4.23. The Kier molecular flexibility index (Phi) is 3.27. The average Bonchev–Trinajstić information content (AvgIpc) is 2.30. The van der Waals surface area contributed by atoms with Crippen LogP contribution >= 0.6 is 0 Å². The van der Waals surface area contributed by atoms with E-state index >= 15 is 0 Å². The van der Waals surface area contributed by atoms with Gasteiger partial charge < -0.3 is 10.0 Å². The lowest BCUT2D eigenvalue weighted by atomic mass is 9.78. The van der Waals surface area contributed by atoms with Gasteiger partial charge >= 0.3 is 7.12 Å². The van der Waals surface area contributed by atoms with Gasteiger partial charge in [-0.2, -0.15) is 0 Å². The first-order chi connectivity index (χ1) is 7.66. The fourth-order valence-corrected chi connectivity index (χ4v) is 1.82. The lowest BCUT2D eigenvalue weighted by Gasteiger charge is -2.12. The smallest absolute Gasteiger partial charge is 0.423 e. The van der Waals surface area contributed by atoms with E-state index in [0.717, 1.165) is 17.6 Å². The predicted octanol–water partition coefficient (Wildman–Crippen LogP) is 1.35. The molecular formula is C13H15BO2. The van der Waals surface area contributed by atoms with E-state index < -0.39 is 7.12 Å². The molecule has 82 valence electrons. The normalized spacial score (nSPS) is 19.4. The summed E-state index contributed by atoms with van der Waals surface area (Å²) >= 11 is 0. The van der Waals surface area contributed by atoms with Crippen LogP contribution < -0.4 is 5.46 Å². The SMILES string of the molecule is CC1C=CC(c2cccc(B(O)O)c2)=CC1. The summed E-state index contributed by atoms with van der Waals surface area (Å²) in [5.41, 5.74) is 2.72. The molecule has 0 heterocycles. The minimum atomic E-state index is -1.40. The van der Waals surface area contributed by atoms with Gasteiger partial charge in [0, 0.05) is 0 Å². The van der Waals surface area contributed by atoms with Crippen molar-refractivity contribution in [3.05, 3.63) is 48.1 Å². The van der Waals surface area contributed by atoms with Crippen molar-refractivity contribution < 1.29 is 10.0 Å². The maximum Gasteiger partial charge on any atom is 0.488 e. The van der Waals surface area contributed by atoms with Crippen LogP contribution in [0, 0.1) is 5.92 Å². The third-order valence-electron chi connectivity index (χ3n) is 2.83. The molecule has 2 rings (SSSR count). The molecule has 0 aromatic heterocycles. The van der Waals surface area contributed by atoms with Crippen molar-refractivity contribution >= 4 is 18.2 Å². The number of rotatable bonds is 2. The second-order valence-electron chi connectivity index (χ2n) is 4.23. The van der Waals surface area contributed by atoms with Gasteiger partial charge in [0.15, 0.2) is 0 Å². The molecule has 0 radical (unpaired) electrons. The molecule has 2 N–H and O–H groups in total. The van der Waals surface area contributed by atoms with Crippen LogP contribution in [-0.4, -0.2) is 17.2 Å². The minimum Gasteiger partial charge on any atom is -0.423 e. The highest BCUT2D eigenvalue weighted by molar-refractivity contribution is 6.58. The monoisotopic (exact) mass is 214 g/mol. The van der Waals surface area contributed by atoms with E-state index in [-0.39, 0.29) is 0 Å².